The van der Waals surface area contributed by atoms with Gasteiger partial charge in [0.05, 0.1) is 4.90 Å². The van der Waals surface area contributed by atoms with E-state index in [-0.39, 0.29) is 6.04 Å². The van der Waals surface area contributed by atoms with Gasteiger partial charge >= 0.3 is 0 Å². The third kappa shape index (κ3) is 4.98. The van der Waals surface area contributed by atoms with Crippen molar-refractivity contribution in [3.63, 3.8) is 0 Å². The first-order chi connectivity index (χ1) is 9.97. The predicted molar refractivity (Wildman–Crippen MR) is 86.0 cm³/mol. The van der Waals surface area contributed by atoms with Crippen molar-refractivity contribution in [2.75, 3.05) is 25.0 Å². The number of hydrogen-bond acceptors (Lipinski definition) is 4. The van der Waals surface area contributed by atoms with Crippen LogP contribution in [-0.4, -0.2) is 34.1 Å². The number of hydrogen-bond donors (Lipinski definition) is 3. The summed E-state index contributed by atoms with van der Waals surface area (Å²) in [5, 5.41) is 6.71. The lowest BCUT2D eigenvalue weighted by Gasteiger charge is -2.12. The van der Waals surface area contributed by atoms with Gasteiger partial charge in [0.1, 0.15) is 0 Å². The van der Waals surface area contributed by atoms with E-state index in [2.05, 4.69) is 15.4 Å². The number of nitrogens with one attached hydrogen (secondary N) is 3. The average molecular weight is 311 g/mol. The van der Waals surface area contributed by atoms with Gasteiger partial charge in [0.2, 0.25) is 10.0 Å². The van der Waals surface area contributed by atoms with Gasteiger partial charge in [-0.15, -0.1) is 0 Å². The summed E-state index contributed by atoms with van der Waals surface area (Å²) in [5.74, 6) is 0.757. The molecule has 6 heteroatoms. The average Bonchev–Trinajstić information content (AvgIpc) is 2.91. The van der Waals surface area contributed by atoms with Gasteiger partial charge in [-0.2, -0.15) is 0 Å². The van der Waals surface area contributed by atoms with E-state index in [1.165, 1.54) is 6.42 Å². The first-order valence-corrected chi connectivity index (χ1v) is 9.02. The molecular formula is C15H25N3O2S. The van der Waals surface area contributed by atoms with Crippen LogP contribution in [0.5, 0.6) is 0 Å². The van der Waals surface area contributed by atoms with Gasteiger partial charge in [0.15, 0.2) is 0 Å². The van der Waals surface area contributed by atoms with Gasteiger partial charge in [0, 0.05) is 18.3 Å². The highest BCUT2D eigenvalue weighted by atomic mass is 32.2. The van der Waals surface area contributed by atoms with E-state index in [4.69, 9.17) is 0 Å². The molecule has 118 valence electrons. The maximum absolute atomic E-state index is 12.0. The molecule has 0 radical (unpaired) electrons. The second-order valence-corrected chi connectivity index (χ2v) is 7.59. The number of anilines is 1. The second-order valence-electron chi connectivity index (χ2n) is 5.87. The van der Waals surface area contributed by atoms with Crippen LogP contribution < -0.4 is 15.4 Å². The van der Waals surface area contributed by atoms with E-state index in [0.717, 1.165) is 37.7 Å². The Morgan fingerprint density at radius 2 is 2.00 bits per heavy atom. The number of benzene rings is 1. The molecule has 0 aliphatic carbocycles. The summed E-state index contributed by atoms with van der Waals surface area (Å²) in [7, 11) is -3.40. The monoisotopic (exact) mass is 311 g/mol. The molecule has 1 saturated heterocycles. The minimum atomic E-state index is -3.40. The zero-order valence-corrected chi connectivity index (χ0v) is 13.5. The molecule has 1 heterocycles. The highest BCUT2D eigenvalue weighted by molar-refractivity contribution is 7.89. The van der Waals surface area contributed by atoms with E-state index in [9.17, 15) is 8.42 Å². The summed E-state index contributed by atoms with van der Waals surface area (Å²) in [6.45, 7) is 6.78. The SMILES string of the molecule is CC(C)NS(=O)(=O)c1ccc(NCCC2CCNC2)cc1. The predicted octanol–water partition coefficient (Wildman–Crippen LogP) is 1.78. The van der Waals surface area contributed by atoms with Gasteiger partial charge in [-0.05, 0) is 70.0 Å². The molecular weight excluding hydrogens is 286 g/mol. The molecule has 0 bridgehead atoms. The van der Waals surface area contributed by atoms with E-state index >= 15 is 0 Å². The molecule has 1 aliphatic rings. The molecule has 21 heavy (non-hydrogen) atoms. The Morgan fingerprint density at radius 1 is 1.29 bits per heavy atom. The standard InChI is InChI=1S/C15H25N3O2S/c1-12(2)18-21(19,20)15-5-3-14(4-6-15)17-10-8-13-7-9-16-11-13/h3-6,12-13,16-18H,7-11H2,1-2H3. The first-order valence-electron chi connectivity index (χ1n) is 7.54. The second kappa shape index (κ2) is 7.24. The van der Waals surface area contributed by atoms with Crippen molar-refractivity contribution in [3.05, 3.63) is 24.3 Å². The Morgan fingerprint density at radius 3 is 2.57 bits per heavy atom. The molecule has 1 aromatic carbocycles. The van der Waals surface area contributed by atoms with Gasteiger partial charge < -0.3 is 10.6 Å². The summed E-state index contributed by atoms with van der Waals surface area (Å²) in [4.78, 5) is 0.307. The minimum absolute atomic E-state index is 0.104. The molecule has 1 aromatic rings. The molecule has 2 rings (SSSR count). The Kier molecular flexibility index (Phi) is 5.61. The smallest absolute Gasteiger partial charge is 0.240 e. The van der Waals surface area contributed by atoms with Gasteiger partial charge in [-0.3, -0.25) is 0 Å². The molecule has 0 aromatic heterocycles. The van der Waals surface area contributed by atoms with Crippen LogP contribution in [0.15, 0.2) is 29.2 Å². The first kappa shape index (κ1) is 16.3. The lowest BCUT2D eigenvalue weighted by molar-refractivity contribution is 0.549. The van der Waals surface area contributed by atoms with Crippen LogP contribution in [-0.2, 0) is 10.0 Å². The molecule has 1 atom stereocenters. The third-order valence-corrected chi connectivity index (χ3v) is 5.27. The molecule has 0 saturated carbocycles. The highest BCUT2D eigenvalue weighted by Crippen LogP contribution is 2.16. The molecule has 0 spiro atoms. The summed E-state index contributed by atoms with van der Waals surface area (Å²) < 4.78 is 26.6. The Bertz CT molecular complexity index is 535. The van der Waals surface area contributed by atoms with Crippen molar-refractivity contribution in [1.82, 2.24) is 10.0 Å². The van der Waals surface area contributed by atoms with Crippen LogP contribution in [0.1, 0.15) is 26.7 Å². The zero-order chi connectivity index (χ0) is 15.3. The van der Waals surface area contributed by atoms with Crippen LogP contribution in [0.25, 0.3) is 0 Å². The maximum atomic E-state index is 12.0. The van der Waals surface area contributed by atoms with Crippen molar-refractivity contribution in [2.24, 2.45) is 5.92 Å². The Labute approximate surface area is 127 Å². The largest absolute Gasteiger partial charge is 0.385 e. The van der Waals surface area contributed by atoms with E-state index in [0.29, 0.717) is 4.90 Å². The molecule has 1 unspecified atom stereocenters. The highest BCUT2D eigenvalue weighted by Gasteiger charge is 2.15. The van der Waals surface area contributed by atoms with Gasteiger partial charge in [-0.1, -0.05) is 0 Å². The van der Waals surface area contributed by atoms with Crippen molar-refractivity contribution in [2.45, 2.75) is 37.6 Å². The molecule has 1 fully saturated rings. The fourth-order valence-electron chi connectivity index (χ4n) is 2.51. The fourth-order valence-corrected chi connectivity index (χ4v) is 3.76. The van der Waals surface area contributed by atoms with Crippen molar-refractivity contribution >= 4 is 15.7 Å². The van der Waals surface area contributed by atoms with Crippen LogP contribution in [0.3, 0.4) is 0 Å². The number of rotatable bonds is 7. The van der Waals surface area contributed by atoms with Crippen LogP contribution >= 0.6 is 0 Å². The van der Waals surface area contributed by atoms with Crippen LogP contribution in [0.4, 0.5) is 5.69 Å². The lowest BCUT2D eigenvalue weighted by Crippen LogP contribution is -2.30. The third-order valence-electron chi connectivity index (χ3n) is 3.60. The van der Waals surface area contributed by atoms with Gasteiger partial charge in [-0.25, -0.2) is 13.1 Å². The number of sulfonamides is 1. The van der Waals surface area contributed by atoms with Crippen molar-refractivity contribution in [3.8, 4) is 0 Å². The Balaban J connectivity index is 1.86. The summed E-state index contributed by atoms with van der Waals surface area (Å²) >= 11 is 0. The quantitative estimate of drug-likeness (QED) is 0.718. The summed E-state index contributed by atoms with van der Waals surface area (Å²) in [6.07, 6.45) is 2.39. The molecule has 0 amide bonds. The van der Waals surface area contributed by atoms with E-state index in [1.54, 1.807) is 12.1 Å². The normalized spacial score (nSPS) is 19.1. The van der Waals surface area contributed by atoms with Crippen molar-refractivity contribution in [1.29, 1.82) is 0 Å². The van der Waals surface area contributed by atoms with Crippen LogP contribution in [0, 0.1) is 5.92 Å². The lowest BCUT2D eigenvalue weighted by atomic mass is 10.1. The minimum Gasteiger partial charge on any atom is -0.385 e. The van der Waals surface area contributed by atoms with Crippen LogP contribution in [0.2, 0.25) is 0 Å². The van der Waals surface area contributed by atoms with E-state index < -0.39 is 10.0 Å². The topological polar surface area (TPSA) is 70.2 Å². The maximum Gasteiger partial charge on any atom is 0.240 e. The molecule has 1 aliphatic heterocycles. The fraction of sp³-hybridized carbons (Fsp3) is 0.600. The Hall–Kier alpha value is -1.11. The molecule has 3 N–H and O–H groups in total. The van der Waals surface area contributed by atoms with Gasteiger partial charge in [0.25, 0.3) is 0 Å². The molecule has 5 nitrogen and oxygen atoms in total. The summed E-state index contributed by atoms with van der Waals surface area (Å²) in [5.41, 5.74) is 0.962. The van der Waals surface area contributed by atoms with Crippen molar-refractivity contribution < 1.29 is 8.42 Å². The van der Waals surface area contributed by atoms with E-state index in [1.807, 2.05) is 26.0 Å². The zero-order valence-electron chi connectivity index (χ0n) is 12.7. The summed E-state index contributed by atoms with van der Waals surface area (Å²) in [6, 6.07) is 6.82.